The van der Waals surface area contributed by atoms with E-state index in [9.17, 15) is 4.79 Å². The van der Waals surface area contributed by atoms with E-state index in [0.29, 0.717) is 22.3 Å². The van der Waals surface area contributed by atoms with Crippen LogP contribution in [-0.2, 0) is 4.79 Å². The predicted octanol–water partition coefficient (Wildman–Crippen LogP) is 4.97. The Labute approximate surface area is 133 Å². The van der Waals surface area contributed by atoms with Crippen molar-refractivity contribution in [3.8, 4) is 17.2 Å². The maximum Gasteiger partial charge on any atom is 0.262 e. The van der Waals surface area contributed by atoms with E-state index in [4.69, 9.17) is 32.7 Å². The summed E-state index contributed by atoms with van der Waals surface area (Å²) >= 11 is 11.5. The van der Waals surface area contributed by atoms with Crippen molar-refractivity contribution in [2.24, 2.45) is 0 Å². The van der Waals surface area contributed by atoms with E-state index in [0.717, 1.165) is 5.56 Å². The molecule has 0 amide bonds. The highest BCUT2D eigenvalue weighted by molar-refractivity contribution is 6.64. The number of ether oxygens (including phenoxy) is 2. The monoisotopic (exact) mass is 324 g/mol. The van der Waals surface area contributed by atoms with E-state index in [1.807, 2.05) is 25.1 Å². The van der Waals surface area contributed by atoms with Crippen molar-refractivity contribution in [3.63, 3.8) is 0 Å². The first kappa shape index (κ1) is 15.7. The number of carbonyl (C=O) groups is 1. The third-order valence-corrected chi connectivity index (χ3v) is 3.37. The van der Waals surface area contributed by atoms with Gasteiger partial charge in [0.15, 0.2) is 6.10 Å². The molecule has 1 atom stereocenters. The molecule has 0 saturated carbocycles. The summed E-state index contributed by atoms with van der Waals surface area (Å²) in [5.74, 6) is 1.75. The van der Waals surface area contributed by atoms with E-state index in [1.54, 1.807) is 31.2 Å². The van der Waals surface area contributed by atoms with Crippen LogP contribution in [0.15, 0.2) is 42.5 Å². The third kappa shape index (κ3) is 4.38. The van der Waals surface area contributed by atoms with Gasteiger partial charge in [-0.1, -0.05) is 17.7 Å². The minimum absolute atomic E-state index is 0.540. The van der Waals surface area contributed by atoms with Crippen molar-refractivity contribution in [1.82, 2.24) is 0 Å². The van der Waals surface area contributed by atoms with Crippen molar-refractivity contribution in [2.45, 2.75) is 20.0 Å². The van der Waals surface area contributed by atoms with Crippen LogP contribution in [0.5, 0.6) is 17.2 Å². The van der Waals surface area contributed by atoms with Gasteiger partial charge in [-0.05, 0) is 67.4 Å². The molecule has 5 heteroatoms. The minimum Gasteiger partial charge on any atom is -0.482 e. The Morgan fingerprint density at radius 3 is 2.29 bits per heavy atom. The third-order valence-electron chi connectivity index (χ3n) is 2.77. The fourth-order valence-corrected chi connectivity index (χ4v) is 1.97. The number of hydrogen-bond donors (Lipinski definition) is 0. The average molecular weight is 325 g/mol. The molecule has 21 heavy (non-hydrogen) atoms. The number of halogens is 2. The fraction of sp³-hybridized carbons (Fsp3) is 0.188. The molecule has 0 radical (unpaired) electrons. The zero-order valence-electron chi connectivity index (χ0n) is 11.6. The van der Waals surface area contributed by atoms with E-state index < -0.39 is 11.3 Å². The van der Waals surface area contributed by atoms with Crippen molar-refractivity contribution < 1.29 is 14.3 Å². The van der Waals surface area contributed by atoms with Gasteiger partial charge < -0.3 is 9.47 Å². The van der Waals surface area contributed by atoms with Crippen LogP contribution >= 0.6 is 23.2 Å². The molecule has 1 unspecified atom stereocenters. The summed E-state index contributed by atoms with van der Waals surface area (Å²) in [6.45, 7) is 3.55. The van der Waals surface area contributed by atoms with Crippen LogP contribution in [0.25, 0.3) is 0 Å². The normalized spacial score (nSPS) is 11.8. The first-order chi connectivity index (χ1) is 9.95. The van der Waals surface area contributed by atoms with Crippen LogP contribution < -0.4 is 9.47 Å². The highest BCUT2D eigenvalue weighted by Crippen LogP contribution is 2.30. The Balaban J connectivity index is 2.07. The van der Waals surface area contributed by atoms with Crippen LogP contribution in [0.2, 0.25) is 5.02 Å². The average Bonchev–Trinajstić information content (AvgIpc) is 2.43. The Morgan fingerprint density at radius 1 is 1.10 bits per heavy atom. The maximum atomic E-state index is 10.9. The Morgan fingerprint density at radius 2 is 1.71 bits per heavy atom. The van der Waals surface area contributed by atoms with Crippen LogP contribution in [0, 0.1) is 6.92 Å². The molecule has 2 aromatic rings. The van der Waals surface area contributed by atoms with Crippen LogP contribution in [0.3, 0.4) is 0 Å². The topological polar surface area (TPSA) is 35.5 Å². The van der Waals surface area contributed by atoms with E-state index in [1.165, 1.54) is 0 Å². The molecule has 0 aromatic heterocycles. The summed E-state index contributed by atoms with van der Waals surface area (Å²) in [5.41, 5.74) is 1.07. The number of hydrogen-bond acceptors (Lipinski definition) is 3. The van der Waals surface area contributed by atoms with Gasteiger partial charge in [-0.15, -0.1) is 0 Å². The zero-order chi connectivity index (χ0) is 15.4. The molecule has 110 valence electrons. The lowest BCUT2D eigenvalue weighted by molar-refractivity contribution is -0.117. The molecule has 3 nitrogen and oxygen atoms in total. The first-order valence-electron chi connectivity index (χ1n) is 6.36. The van der Waals surface area contributed by atoms with Gasteiger partial charge in [-0.2, -0.15) is 0 Å². The summed E-state index contributed by atoms with van der Waals surface area (Å²) in [6.07, 6.45) is -0.690. The van der Waals surface area contributed by atoms with Gasteiger partial charge in [0.1, 0.15) is 17.2 Å². The van der Waals surface area contributed by atoms with Crippen molar-refractivity contribution >= 4 is 28.4 Å². The molecule has 0 heterocycles. The Bertz CT molecular complexity index is 638. The lowest BCUT2D eigenvalue weighted by atomic mass is 10.2. The van der Waals surface area contributed by atoms with Crippen LogP contribution in [0.1, 0.15) is 12.5 Å². The maximum absolute atomic E-state index is 10.9. The first-order valence-corrected chi connectivity index (χ1v) is 7.11. The molecule has 0 aliphatic rings. The van der Waals surface area contributed by atoms with E-state index >= 15 is 0 Å². The SMILES string of the molecule is Cc1ccc(Oc2ccc(OC(C)C(=O)Cl)cc2)c(Cl)c1. The van der Waals surface area contributed by atoms with E-state index in [2.05, 4.69) is 0 Å². The highest BCUT2D eigenvalue weighted by atomic mass is 35.5. The lowest BCUT2D eigenvalue weighted by Gasteiger charge is -2.12. The summed E-state index contributed by atoms with van der Waals surface area (Å²) < 4.78 is 11.0. The van der Waals surface area contributed by atoms with Crippen molar-refractivity contribution in [1.29, 1.82) is 0 Å². The predicted molar refractivity (Wildman–Crippen MR) is 83.7 cm³/mol. The molecule has 0 N–H and O–H groups in total. The molecule has 0 saturated heterocycles. The number of benzene rings is 2. The Hall–Kier alpha value is -1.71. The van der Waals surface area contributed by atoms with E-state index in [-0.39, 0.29) is 0 Å². The molecule has 0 fully saturated rings. The summed E-state index contributed by atoms with van der Waals surface area (Å²) in [6, 6.07) is 12.4. The standard InChI is InChI=1S/C16H14Cl2O3/c1-10-3-8-15(14(17)9-10)21-13-6-4-12(5-7-13)20-11(2)16(18)19/h3-9,11H,1-2H3. The summed E-state index contributed by atoms with van der Waals surface area (Å²) in [7, 11) is 0. The quantitative estimate of drug-likeness (QED) is 0.728. The number of rotatable bonds is 5. The molecular weight excluding hydrogens is 311 g/mol. The fourth-order valence-electron chi connectivity index (χ4n) is 1.65. The lowest BCUT2D eigenvalue weighted by Crippen LogP contribution is -2.18. The van der Waals surface area contributed by atoms with Crippen molar-refractivity contribution in [2.75, 3.05) is 0 Å². The second-order valence-corrected chi connectivity index (χ2v) is 5.35. The van der Waals surface area contributed by atoms with Crippen LogP contribution in [-0.4, -0.2) is 11.3 Å². The second-order valence-electron chi connectivity index (χ2n) is 4.57. The summed E-state index contributed by atoms with van der Waals surface area (Å²) in [5, 5.41) is 0.0125. The number of carbonyl (C=O) groups excluding carboxylic acids is 1. The van der Waals surface area contributed by atoms with Gasteiger partial charge in [-0.25, -0.2) is 0 Å². The Kier molecular flexibility index (Phi) is 5.10. The molecule has 0 bridgehead atoms. The smallest absolute Gasteiger partial charge is 0.262 e. The van der Waals surface area contributed by atoms with Gasteiger partial charge >= 0.3 is 0 Å². The minimum atomic E-state index is -0.690. The molecule has 2 rings (SSSR count). The molecule has 0 aliphatic heterocycles. The van der Waals surface area contributed by atoms with Gasteiger partial charge in [0.2, 0.25) is 0 Å². The zero-order valence-corrected chi connectivity index (χ0v) is 13.1. The second kappa shape index (κ2) is 6.83. The molecule has 2 aromatic carbocycles. The number of aryl methyl sites for hydroxylation is 1. The molecule has 0 spiro atoms. The molecule has 0 aliphatic carbocycles. The van der Waals surface area contributed by atoms with Gasteiger partial charge in [0.05, 0.1) is 5.02 Å². The van der Waals surface area contributed by atoms with Gasteiger partial charge in [0, 0.05) is 0 Å². The summed E-state index contributed by atoms with van der Waals surface area (Å²) in [4.78, 5) is 10.9. The largest absolute Gasteiger partial charge is 0.482 e. The molecular formula is C16H14Cl2O3. The van der Waals surface area contributed by atoms with Crippen LogP contribution in [0.4, 0.5) is 0 Å². The highest BCUT2D eigenvalue weighted by Gasteiger charge is 2.11. The van der Waals surface area contributed by atoms with Gasteiger partial charge in [-0.3, -0.25) is 4.79 Å². The van der Waals surface area contributed by atoms with Gasteiger partial charge in [0.25, 0.3) is 5.24 Å². The van der Waals surface area contributed by atoms with Crippen molar-refractivity contribution in [3.05, 3.63) is 53.1 Å².